The van der Waals surface area contributed by atoms with Gasteiger partial charge in [0.25, 0.3) is 0 Å². The average Bonchev–Trinajstić information content (AvgIpc) is 3.24. The van der Waals surface area contributed by atoms with E-state index in [1.165, 1.54) is 0 Å². The summed E-state index contributed by atoms with van der Waals surface area (Å²) in [7, 11) is 0. The molecular weight excluding hydrogens is 347 g/mol. The van der Waals surface area contributed by atoms with Crippen molar-refractivity contribution in [2.24, 2.45) is 0 Å². The third kappa shape index (κ3) is 3.14. The van der Waals surface area contributed by atoms with Gasteiger partial charge in [-0.3, -0.25) is 0 Å². The summed E-state index contributed by atoms with van der Waals surface area (Å²) in [4.78, 5) is 6.06. The van der Waals surface area contributed by atoms with Crippen molar-refractivity contribution < 1.29 is 13.2 Å². The van der Waals surface area contributed by atoms with Crippen molar-refractivity contribution in [3.05, 3.63) is 41.9 Å². The van der Waals surface area contributed by atoms with Crippen molar-refractivity contribution in [1.82, 2.24) is 24.8 Å². The van der Waals surface area contributed by atoms with Crippen LogP contribution in [0, 0.1) is 6.92 Å². The Morgan fingerprint density at radius 3 is 2.88 bits per heavy atom. The Bertz CT molecular complexity index is 937. The molecule has 0 bridgehead atoms. The molecule has 1 saturated heterocycles. The van der Waals surface area contributed by atoms with Crippen LogP contribution in [-0.4, -0.2) is 43.9 Å². The van der Waals surface area contributed by atoms with E-state index in [2.05, 4.69) is 30.5 Å². The quantitative estimate of drug-likeness (QED) is 0.771. The van der Waals surface area contributed by atoms with Crippen LogP contribution in [0.3, 0.4) is 0 Å². The lowest BCUT2D eigenvalue weighted by Crippen LogP contribution is -2.27. The number of fused-ring (bicyclic) bond motifs is 1. The summed E-state index contributed by atoms with van der Waals surface area (Å²) in [5.74, 6) is 1.28. The Balaban J connectivity index is 1.46. The van der Waals surface area contributed by atoms with E-state index in [9.17, 15) is 13.2 Å². The molecule has 1 aliphatic heterocycles. The maximum atomic E-state index is 12.7. The molecule has 10 heteroatoms. The molecule has 0 aromatic carbocycles. The second-order valence-corrected chi connectivity index (χ2v) is 6.29. The highest BCUT2D eigenvalue weighted by molar-refractivity contribution is 5.49. The summed E-state index contributed by atoms with van der Waals surface area (Å²) < 4.78 is 39.8. The first kappa shape index (κ1) is 16.6. The zero-order valence-corrected chi connectivity index (χ0v) is 13.9. The number of anilines is 2. The minimum Gasteiger partial charge on any atom is -0.365 e. The van der Waals surface area contributed by atoms with Crippen molar-refractivity contribution in [3.8, 4) is 0 Å². The van der Waals surface area contributed by atoms with E-state index in [0.717, 1.165) is 31.0 Å². The van der Waals surface area contributed by atoms with E-state index in [0.29, 0.717) is 23.6 Å². The van der Waals surface area contributed by atoms with Gasteiger partial charge in [-0.15, -0.1) is 15.3 Å². The van der Waals surface area contributed by atoms with Gasteiger partial charge in [0.05, 0.1) is 5.56 Å². The first-order chi connectivity index (χ1) is 12.4. The van der Waals surface area contributed by atoms with E-state index in [-0.39, 0.29) is 6.04 Å². The number of hydrogen-bond acceptors (Lipinski definition) is 6. The average molecular weight is 363 g/mol. The first-order valence-corrected chi connectivity index (χ1v) is 8.12. The standard InChI is InChI=1S/C16H16F3N7/c1-10-6-11(16(17,18)19)7-20-15(10)22-12-4-5-25(8-12)14-3-2-13-23-21-9-26(13)24-14/h2-3,6-7,9,12H,4-5,8H2,1H3,(H,20,22). The number of rotatable bonds is 3. The molecular formula is C16H16F3N7. The molecule has 1 fully saturated rings. The summed E-state index contributed by atoms with van der Waals surface area (Å²) in [6, 6.07) is 4.92. The number of aryl methyl sites for hydroxylation is 1. The van der Waals surface area contributed by atoms with Gasteiger partial charge in [-0.05, 0) is 37.1 Å². The minimum atomic E-state index is -4.38. The van der Waals surface area contributed by atoms with Crippen LogP contribution in [0.1, 0.15) is 17.5 Å². The Hall–Kier alpha value is -2.91. The van der Waals surface area contributed by atoms with E-state index in [1.807, 2.05) is 12.1 Å². The number of halogens is 3. The van der Waals surface area contributed by atoms with E-state index >= 15 is 0 Å². The molecule has 0 radical (unpaired) electrons. The molecule has 136 valence electrons. The summed E-state index contributed by atoms with van der Waals surface area (Å²) in [6.45, 7) is 3.10. The molecule has 1 atom stereocenters. The molecule has 26 heavy (non-hydrogen) atoms. The predicted octanol–water partition coefficient (Wildman–Crippen LogP) is 2.54. The van der Waals surface area contributed by atoms with E-state index < -0.39 is 11.7 Å². The van der Waals surface area contributed by atoms with E-state index in [4.69, 9.17) is 0 Å². The lowest BCUT2D eigenvalue weighted by molar-refractivity contribution is -0.137. The summed E-state index contributed by atoms with van der Waals surface area (Å²) in [6.07, 6.45) is -1.14. The normalized spacial score (nSPS) is 17.8. The maximum absolute atomic E-state index is 12.7. The zero-order valence-electron chi connectivity index (χ0n) is 13.9. The summed E-state index contributed by atoms with van der Waals surface area (Å²) in [5, 5.41) is 15.4. The Morgan fingerprint density at radius 1 is 1.27 bits per heavy atom. The fourth-order valence-corrected chi connectivity index (χ4v) is 3.05. The number of alkyl halides is 3. The van der Waals surface area contributed by atoms with Gasteiger partial charge in [0.1, 0.15) is 18.0 Å². The molecule has 3 aromatic heterocycles. The number of aromatic nitrogens is 5. The topological polar surface area (TPSA) is 71.2 Å². The second-order valence-electron chi connectivity index (χ2n) is 6.29. The van der Waals surface area contributed by atoms with Gasteiger partial charge in [-0.1, -0.05) is 0 Å². The lowest BCUT2D eigenvalue weighted by Gasteiger charge is -2.19. The van der Waals surface area contributed by atoms with Gasteiger partial charge < -0.3 is 10.2 Å². The minimum absolute atomic E-state index is 0.0799. The Morgan fingerprint density at radius 2 is 2.12 bits per heavy atom. The first-order valence-electron chi connectivity index (χ1n) is 8.12. The van der Waals surface area contributed by atoms with Crippen LogP contribution in [0.25, 0.3) is 5.65 Å². The van der Waals surface area contributed by atoms with Crippen molar-refractivity contribution in [1.29, 1.82) is 0 Å². The highest BCUT2D eigenvalue weighted by Gasteiger charge is 2.31. The number of nitrogens with zero attached hydrogens (tertiary/aromatic N) is 6. The predicted molar refractivity (Wildman–Crippen MR) is 89.0 cm³/mol. The van der Waals surface area contributed by atoms with Crippen LogP contribution in [0.5, 0.6) is 0 Å². The highest BCUT2D eigenvalue weighted by Crippen LogP contribution is 2.31. The maximum Gasteiger partial charge on any atom is 0.417 e. The summed E-state index contributed by atoms with van der Waals surface area (Å²) in [5.41, 5.74) is 0.412. The van der Waals surface area contributed by atoms with Crippen LogP contribution >= 0.6 is 0 Å². The molecule has 7 nitrogen and oxygen atoms in total. The number of nitrogens with one attached hydrogen (secondary N) is 1. The largest absolute Gasteiger partial charge is 0.417 e. The van der Waals surface area contributed by atoms with Crippen LogP contribution in [-0.2, 0) is 6.18 Å². The second kappa shape index (κ2) is 6.11. The Kier molecular flexibility index (Phi) is 3.89. The highest BCUT2D eigenvalue weighted by atomic mass is 19.4. The molecule has 1 N–H and O–H groups in total. The van der Waals surface area contributed by atoms with Crippen molar-refractivity contribution >= 4 is 17.3 Å². The molecule has 1 unspecified atom stereocenters. The lowest BCUT2D eigenvalue weighted by atomic mass is 10.2. The van der Waals surface area contributed by atoms with Crippen LogP contribution < -0.4 is 10.2 Å². The molecule has 0 amide bonds. The molecule has 0 aliphatic carbocycles. The van der Waals surface area contributed by atoms with Gasteiger partial charge in [-0.25, -0.2) is 4.98 Å². The molecule has 0 spiro atoms. The van der Waals surface area contributed by atoms with Gasteiger partial charge in [-0.2, -0.15) is 17.7 Å². The number of hydrogen-bond donors (Lipinski definition) is 1. The van der Waals surface area contributed by atoms with Crippen LogP contribution in [0.4, 0.5) is 24.8 Å². The third-order valence-corrected chi connectivity index (χ3v) is 4.41. The van der Waals surface area contributed by atoms with Crippen molar-refractivity contribution in [3.63, 3.8) is 0 Å². The van der Waals surface area contributed by atoms with Gasteiger partial charge >= 0.3 is 6.18 Å². The Labute approximate surface area is 146 Å². The molecule has 4 rings (SSSR count). The fourth-order valence-electron chi connectivity index (χ4n) is 3.05. The van der Waals surface area contributed by atoms with Gasteiger partial charge in [0.15, 0.2) is 5.65 Å². The van der Waals surface area contributed by atoms with Gasteiger partial charge in [0, 0.05) is 25.3 Å². The van der Waals surface area contributed by atoms with Crippen LogP contribution in [0.15, 0.2) is 30.7 Å². The molecule has 0 saturated carbocycles. The van der Waals surface area contributed by atoms with Gasteiger partial charge in [0.2, 0.25) is 0 Å². The fraction of sp³-hybridized carbons (Fsp3) is 0.375. The number of pyridine rings is 1. The molecule has 3 aromatic rings. The van der Waals surface area contributed by atoms with Crippen LogP contribution in [0.2, 0.25) is 0 Å². The monoisotopic (exact) mass is 363 g/mol. The van der Waals surface area contributed by atoms with Crippen molar-refractivity contribution in [2.75, 3.05) is 23.3 Å². The summed E-state index contributed by atoms with van der Waals surface area (Å²) >= 11 is 0. The van der Waals surface area contributed by atoms with E-state index in [1.54, 1.807) is 17.8 Å². The smallest absolute Gasteiger partial charge is 0.365 e. The SMILES string of the molecule is Cc1cc(C(F)(F)F)cnc1NC1CCN(c2ccc3nncn3n2)C1. The third-order valence-electron chi connectivity index (χ3n) is 4.41. The van der Waals surface area contributed by atoms with Crippen molar-refractivity contribution in [2.45, 2.75) is 25.6 Å². The molecule has 1 aliphatic rings. The zero-order chi connectivity index (χ0) is 18.3. The molecule has 4 heterocycles.